The zero-order valence-corrected chi connectivity index (χ0v) is 14.7. The van der Waals surface area contributed by atoms with Crippen molar-refractivity contribution in [1.82, 2.24) is 15.6 Å². The number of hydrogen-bond donors (Lipinski definition) is 2. The summed E-state index contributed by atoms with van der Waals surface area (Å²) < 4.78 is 5.45. The second-order valence-electron chi connectivity index (χ2n) is 6.17. The van der Waals surface area contributed by atoms with E-state index in [1.807, 2.05) is 42.6 Å². The quantitative estimate of drug-likeness (QED) is 0.855. The first-order valence-corrected chi connectivity index (χ1v) is 8.86. The van der Waals surface area contributed by atoms with E-state index in [0.717, 1.165) is 37.2 Å². The highest BCUT2D eigenvalue weighted by Crippen LogP contribution is 2.29. The summed E-state index contributed by atoms with van der Waals surface area (Å²) in [6, 6.07) is 11.1. The zero-order valence-electron chi connectivity index (χ0n) is 14.0. The molecule has 1 saturated heterocycles. The van der Waals surface area contributed by atoms with Crippen LogP contribution in [0.25, 0.3) is 0 Å². The average Bonchev–Trinajstić information content (AvgIpc) is 2.67. The van der Waals surface area contributed by atoms with Crippen molar-refractivity contribution < 1.29 is 9.53 Å². The summed E-state index contributed by atoms with van der Waals surface area (Å²) in [7, 11) is 0. The number of rotatable bonds is 5. The van der Waals surface area contributed by atoms with E-state index in [4.69, 9.17) is 16.3 Å². The van der Waals surface area contributed by atoms with E-state index in [9.17, 15) is 4.79 Å². The highest BCUT2D eigenvalue weighted by molar-refractivity contribution is 6.30. The van der Waals surface area contributed by atoms with Gasteiger partial charge in [0.05, 0.1) is 6.04 Å². The molecule has 1 atom stereocenters. The van der Waals surface area contributed by atoms with Gasteiger partial charge in [0.1, 0.15) is 0 Å². The van der Waals surface area contributed by atoms with Gasteiger partial charge in [-0.25, -0.2) is 4.79 Å². The monoisotopic (exact) mass is 359 g/mol. The van der Waals surface area contributed by atoms with E-state index >= 15 is 0 Å². The summed E-state index contributed by atoms with van der Waals surface area (Å²) in [6.07, 6.45) is 5.42. The summed E-state index contributed by atoms with van der Waals surface area (Å²) in [5.41, 5.74) is 2.03. The molecule has 2 N–H and O–H groups in total. The van der Waals surface area contributed by atoms with Crippen molar-refractivity contribution in [2.45, 2.75) is 25.4 Å². The Kier molecular flexibility index (Phi) is 6.25. The molecule has 1 aromatic heterocycles. The van der Waals surface area contributed by atoms with Crippen LogP contribution in [0.3, 0.4) is 0 Å². The first-order valence-electron chi connectivity index (χ1n) is 8.49. The van der Waals surface area contributed by atoms with Crippen LogP contribution in [-0.2, 0) is 11.3 Å². The smallest absolute Gasteiger partial charge is 0.315 e. The van der Waals surface area contributed by atoms with E-state index < -0.39 is 0 Å². The van der Waals surface area contributed by atoms with Crippen LogP contribution in [0.5, 0.6) is 0 Å². The normalized spacial score (nSPS) is 16.2. The molecule has 3 rings (SSSR count). The summed E-state index contributed by atoms with van der Waals surface area (Å²) in [5, 5.41) is 6.71. The lowest BCUT2D eigenvalue weighted by molar-refractivity contribution is 0.0547. The maximum absolute atomic E-state index is 12.4. The number of carbonyl (C=O) groups is 1. The first kappa shape index (κ1) is 17.7. The second kappa shape index (κ2) is 8.83. The lowest BCUT2D eigenvalue weighted by Gasteiger charge is -2.31. The van der Waals surface area contributed by atoms with Gasteiger partial charge in [-0.05, 0) is 48.1 Å². The predicted octanol–water partition coefficient (Wildman–Crippen LogP) is 3.70. The van der Waals surface area contributed by atoms with Crippen molar-refractivity contribution >= 4 is 17.6 Å². The van der Waals surface area contributed by atoms with Crippen molar-refractivity contribution in [3.05, 3.63) is 64.9 Å². The maximum Gasteiger partial charge on any atom is 0.315 e. The topological polar surface area (TPSA) is 63.2 Å². The van der Waals surface area contributed by atoms with Crippen LogP contribution in [0, 0.1) is 5.92 Å². The van der Waals surface area contributed by atoms with Crippen molar-refractivity contribution in [1.29, 1.82) is 0 Å². The molecule has 0 radical (unpaired) electrons. The van der Waals surface area contributed by atoms with E-state index in [-0.39, 0.29) is 12.1 Å². The van der Waals surface area contributed by atoms with Crippen LogP contribution < -0.4 is 10.6 Å². The van der Waals surface area contributed by atoms with Crippen LogP contribution in [0.15, 0.2) is 48.8 Å². The molecule has 1 aliphatic heterocycles. The van der Waals surface area contributed by atoms with Crippen LogP contribution in [0.4, 0.5) is 4.79 Å². The second-order valence-corrected chi connectivity index (χ2v) is 6.60. The molecule has 0 bridgehead atoms. The summed E-state index contributed by atoms with van der Waals surface area (Å²) in [6.45, 7) is 1.92. The minimum atomic E-state index is -0.185. The van der Waals surface area contributed by atoms with E-state index in [1.165, 1.54) is 0 Å². The van der Waals surface area contributed by atoms with Crippen LogP contribution >= 0.6 is 11.6 Å². The van der Waals surface area contributed by atoms with E-state index in [1.54, 1.807) is 6.20 Å². The van der Waals surface area contributed by atoms with Gasteiger partial charge in [-0.3, -0.25) is 4.98 Å². The Hall–Kier alpha value is -2.11. The van der Waals surface area contributed by atoms with Gasteiger partial charge in [-0.2, -0.15) is 0 Å². The number of hydrogen-bond acceptors (Lipinski definition) is 3. The Morgan fingerprint density at radius 3 is 2.68 bits per heavy atom. The zero-order chi connectivity index (χ0) is 17.5. The molecule has 6 heteroatoms. The molecule has 25 heavy (non-hydrogen) atoms. The fraction of sp³-hybridized carbons (Fsp3) is 0.368. The molecule has 1 aliphatic rings. The van der Waals surface area contributed by atoms with Gasteiger partial charge in [0.15, 0.2) is 0 Å². The number of carbonyl (C=O) groups excluding carboxylic acids is 1. The summed E-state index contributed by atoms with van der Waals surface area (Å²) in [5.74, 6) is 0.347. The highest BCUT2D eigenvalue weighted by atomic mass is 35.5. The number of amides is 2. The lowest BCUT2D eigenvalue weighted by Crippen LogP contribution is -2.41. The Morgan fingerprint density at radius 2 is 2.00 bits per heavy atom. The highest BCUT2D eigenvalue weighted by Gasteiger charge is 2.27. The van der Waals surface area contributed by atoms with Crippen LogP contribution in [0.1, 0.15) is 30.0 Å². The molecule has 0 spiro atoms. The Labute approximate surface area is 152 Å². The molecule has 5 nitrogen and oxygen atoms in total. The van der Waals surface area contributed by atoms with Gasteiger partial charge >= 0.3 is 6.03 Å². The SMILES string of the molecule is O=C(NCc1ccc(Cl)cc1)NC(c1cccnc1)C1CCOCC1. The fourth-order valence-corrected chi connectivity index (χ4v) is 3.19. The molecule has 0 aliphatic carbocycles. The Bertz CT molecular complexity index is 673. The molecule has 2 aromatic rings. The molecule has 0 saturated carbocycles. The largest absolute Gasteiger partial charge is 0.381 e. The van der Waals surface area contributed by atoms with Gasteiger partial charge in [0.25, 0.3) is 0 Å². The third kappa shape index (κ3) is 5.18. The molecule has 1 fully saturated rings. The molecular weight excluding hydrogens is 338 g/mol. The maximum atomic E-state index is 12.4. The van der Waals surface area contributed by atoms with Crippen molar-refractivity contribution in [2.24, 2.45) is 5.92 Å². The molecule has 2 heterocycles. The minimum absolute atomic E-state index is 0.0668. The number of ether oxygens (including phenoxy) is 1. The Morgan fingerprint density at radius 1 is 1.24 bits per heavy atom. The van der Waals surface area contributed by atoms with Crippen molar-refractivity contribution in [3.63, 3.8) is 0 Å². The van der Waals surface area contributed by atoms with Crippen LogP contribution in [0.2, 0.25) is 5.02 Å². The lowest BCUT2D eigenvalue weighted by atomic mass is 9.88. The van der Waals surface area contributed by atoms with E-state index in [2.05, 4.69) is 15.6 Å². The summed E-state index contributed by atoms with van der Waals surface area (Å²) >= 11 is 5.88. The standard InChI is InChI=1S/C19H22ClN3O2/c20-17-5-3-14(4-6-17)12-22-19(24)23-18(15-7-10-25-11-8-15)16-2-1-9-21-13-16/h1-6,9,13,15,18H,7-8,10-12H2,(H2,22,23,24). The molecule has 2 amide bonds. The third-order valence-corrected chi connectivity index (χ3v) is 4.69. The number of aromatic nitrogens is 1. The number of pyridine rings is 1. The third-order valence-electron chi connectivity index (χ3n) is 4.43. The number of nitrogens with one attached hydrogen (secondary N) is 2. The van der Waals surface area contributed by atoms with Gasteiger partial charge in [-0.15, -0.1) is 0 Å². The van der Waals surface area contributed by atoms with Crippen LogP contribution in [-0.4, -0.2) is 24.2 Å². The van der Waals surface area contributed by atoms with Gasteiger partial charge in [0, 0.05) is 37.2 Å². The van der Waals surface area contributed by atoms with Gasteiger partial charge in [0.2, 0.25) is 0 Å². The number of urea groups is 1. The number of benzene rings is 1. The van der Waals surface area contributed by atoms with Gasteiger partial charge in [-0.1, -0.05) is 29.8 Å². The molecule has 1 aromatic carbocycles. The van der Waals surface area contributed by atoms with Crippen molar-refractivity contribution in [3.8, 4) is 0 Å². The molecule has 1 unspecified atom stereocenters. The van der Waals surface area contributed by atoms with E-state index in [0.29, 0.717) is 17.5 Å². The number of nitrogens with zero attached hydrogens (tertiary/aromatic N) is 1. The Balaban J connectivity index is 1.62. The fourth-order valence-electron chi connectivity index (χ4n) is 3.06. The predicted molar refractivity (Wildman–Crippen MR) is 97.3 cm³/mol. The molecule has 132 valence electrons. The summed E-state index contributed by atoms with van der Waals surface area (Å²) in [4.78, 5) is 16.6. The first-order chi connectivity index (χ1) is 12.2. The number of halogens is 1. The average molecular weight is 360 g/mol. The van der Waals surface area contributed by atoms with Crippen molar-refractivity contribution in [2.75, 3.05) is 13.2 Å². The minimum Gasteiger partial charge on any atom is -0.381 e. The molecular formula is C19H22ClN3O2. The van der Waals surface area contributed by atoms with Gasteiger partial charge < -0.3 is 15.4 Å².